The van der Waals surface area contributed by atoms with Gasteiger partial charge < -0.3 is 5.73 Å². The van der Waals surface area contributed by atoms with Crippen LogP contribution in [0.15, 0.2) is 29.4 Å². The monoisotopic (exact) mass is 129 g/mol. The zero-order valence-electron chi connectivity index (χ0n) is 4.57. The second kappa shape index (κ2) is 2.03. The molecule has 1 rings (SSSR count). The number of hydrogen-bond donors (Lipinski definition) is 1. The molecule has 0 spiro atoms. The molecule has 1 aliphatic rings. The van der Waals surface area contributed by atoms with Crippen LogP contribution in [0.2, 0.25) is 0 Å². The lowest BCUT2D eigenvalue weighted by Gasteiger charge is -2.04. The fraction of sp³-hybridized carbons (Fsp3) is 0.167. The van der Waals surface area contributed by atoms with Gasteiger partial charge in [0.15, 0.2) is 12.0 Å². The number of nitrogens with two attached hydrogens (primary N) is 1. The van der Waals surface area contributed by atoms with E-state index in [1.54, 1.807) is 0 Å². The Kier molecular flexibility index (Phi) is 1.37. The van der Waals surface area contributed by atoms with Gasteiger partial charge in [0, 0.05) is 6.08 Å². The molecule has 0 bridgehead atoms. The molecule has 0 heterocycles. The molecule has 1 aliphatic carbocycles. The molecule has 1 atom stereocenters. The van der Waals surface area contributed by atoms with Crippen molar-refractivity contribution in [1.29, 1.82) is 0 Å². The average molecular weight is 129 g/mol. The average Bonchev–Trinajstić information content (AvgIpc) is 1.83. The minimum Gasteiger partial charge on any atom is -0.397 e. The largest absolute Gasteiger partial charge is 0.397 e. The molecule has 0 aromatic rings. The maximum atomic E-state index is 12.3. The van der Waals surface area contributed by atoms with Crippen LogP contribution in [0.1, 0.15) is 0 Å². The molecule has 1 nitrogen and oxygen atoms in total. The van der Waals surface area contributed by atoms with Crippen molar-refractivity contribution in [1.82, 2.24) is 0 Å². The quantitative estimate of drug-likeness (QED) is 0.488. The van der Waals surface area contributed by atoms with Crippen molar-refractivity contribution in [3.8, 4) is 0 Å². The van der Waals surface area contributed by atoms with Crippen molar-refractivity contribution in [3.63, 3.8) is 0 Å². The Labute approximate surface area is 51.2 Å². The first kappa shape index (κ1) is 6.05. The highest BCUT2D eigenvalue weighted by Gasteiger charge is 2.12. The predicted molar refractivity (Wildman–Crippen MR) is 29.9 cm³/mol. The van der Waals surface area contributed by atoms with Gasteiger partial charge in [0.1, 0.15) is 0 Å². The van der Waals surface area contributed by atoms with Crippen molar-refractivity contribution >= 4 is 0 Å². The molecular formula is C6H5F2N. The molecule has 3 heteroatoms. The molecule has 2 N–H and O–H groups in total. The van der Waals surface area contributed by atoms with Crippen LogP contribution >= 0.6 is 0 Å². The third-order valence-electron chi connectivity index (χ3n) is 1.03. The van der Waals surface area contributed by atoms with Gasteiger partial charge in [-0.15, -0.1) is 5.73 Å². The SMILES string of the molecule is NC1=C(F)C=C=CC1F. The Balaban J connectivity index is 3.01. The topological polar surface area (TPSA) is 26.0 Å². The zero-order valence-corrected chi connectivity index (χ0v) is 4.57. The highest BCUT2D eigenvalue weighted by Crippen LogP contribution is 2.13. The Bertz CT molecular complexity index is 211. The van der Waals surface area contributed by atoms with E-state index in [4.69, 9.17) is 5.73 Å². The van der Waals surface area contributed by atoms with E-state index in [9.17, 15) is 8.78 Å². The summed E-state index contributed by atoms with van der Waals surface area (Å²) >= 11 is 0. The number of allylic oxidation sites excluding steroid dienone is 2. The van der Waals surface area contributed by atoms with Crippen LogP contribution < -0.4 is 5.73 Å². The summed E-state index contributed by atoms with van der Waals surface area (Å²) < 4.78 is 24.5. The first-order valence-electron chi connectivity index (χ1n) is 2.43. The molecule has 0 saturated carbocycles. The van der Waals surface area contributed by atoms with Crippen LogP contribution in [-0.4, -0.2) is 6.17 Å². The smallest absolute Gasteiger partial charge is 0.168 e. The molecule has 0 amide bonds. The van der Waals surface area contributed by atoms with Crippen molar-refractivity contribution in [2.75, 3.05) is 0 Å². The minimum atomic E-state index is -1.50. The van der Waals surface area contributed by atoms with Crippen LogP contribution in [0, 0.1) is 0 Å². The number of alkyl halides is 1. The first-order valence-corrected chi connectivity index (χ1v) is 2.43. The predicted octanol–water partition coefficient (Wildman–Crippen LogP) is 1.19. The molecule has 48 valence electrons. The molecule has 1 unspecified atom stereocenters. The second-order valence-corrected chi connectivity index (χ2v) is 1.68. The van der Waals surface area contributed by atoms with E-state index in [-0.39, 0.29) is 5.70 Å². The summed E-state index contributed by atoms with van der Waals surface area (Å²) in [4.78, 5) is 0. The van der Waals surface area contributed by atoms with Gasteiger partial charge in [-0.1, -0.05) is 0 Å². The summed E-state index contributed by atoms with van der Waals surface area (Å²) in [6.07, 6.45) is 0.569. The van der Waals surface area contributed by atoms with Gasteiger partial charge in [-0.05, 0) is 6.08 Å². The van der Waals surface area contributed by atoms with Gasteiger partial charge in [0.25, 0.3) is 0 Å². The molecule has 9 heavy (non-hydrogen) atoms. The maximum Gasteiger partial charge on any atom is 0.168 e. The lowest BCUT2D eigenvalue weighted by atomic mass is 10.2. The Morgan fingerprint density at radius 3 is 2.78 bits per heavy atom. The third kappa shape index (κ3) is 1.00. The minimum absolute atomic E-state index is 0.367. The summed E-state index contributed by atoms with van der Waals surface area (Å²) in [5.41, 5.74) is 6.86. The normalized spacial score (nSPS) is 25.3. The first-order chi connectivity index (χ1) is 4.22. The summed E-state index contributed by atoms with van der Waals surface area (Å²) in [6.45, 7) is 0. The Morgan fingerprint density at radius 2 is 2.33 bits per heavy atom. The number of hydrogen-bond acceptors (Lipinski definition) is 1. The fourth-order valence-electron chi connectivity index (χ4n) is 0.511. The highest BCUT2D eigenvalue weighted by atomic mass is 19.1. The Hall–Kier alpha value is -1.08. The summed E-state index contributed by atoms with van der Waals surface area (Å²) in [5.74, 6) is -0.731. The van der Waals surface area contributed by atoms with E-state index in [1.807, 2.05) is 0 Å². The second-order valence-electron chi connectivity index (χ2n) is 1.68. The van der Waals surface area contributed by atoms with E-state index >= 15 is 0 Å². The lowest BCUT2D eigenvalue weighted by molar-refractivity contribution is 0.432. The van der Waals surface area contributed by atoms with E-state index in [0.29, 0.717) is 0 Å². The standard InChI is InChI=1S/C6H5F2N/c7-4-2-1-3-5(8)6(4)9/h2-4H,9H2. The van der Waals surface area contributed by atoms with Crippen molar-refractivity contribution in [3.05, 3.63) is 29.4 Å². The summed E-state index contributed by atoms with van der Waals surface area (Å²) in [6, 6.07) is 0. The lowest BCUT2D eigenvalue weighted by Crippen LogP contribution is -2.12. The summed E-state index contributed by atoms with van der Waals surface area (Å²) in [5, 5.41) is 0. The van der Waals surface area contributed by atoms with E-state index in [0.717, 1.165) is 12.2 Å². The summed E-state index contributed by atoms with van der Waals surface area (Å²) in [7, 11) is 0. The van der Waals surface area contributed by atoms with Gasteiger partial charge in [-0.2, -0.15) is 0 Å². The van der Waals surface area contributed by atoms with Crippen molar-refractivity contribution in [2.24, 2.45) is 5.73 Å². The molecular weight excluding hydrogens is 124 g/mol. The van der Waals surface area contributed by atoms with E-state index in [2.05, 4.69) is 5.73 Å². The van der Waals surface area contributed by atoms with Gasteiger partial charge in [-0.3, -0.25) is 0 Å². The van der Waals surface area contributed by atoms with Gasteiger partial charge >= 0.3 is 0 Å². The van der Waals surface area contributed by atoms with Gasteiger partial charge in [0.05, 0.1) is 5.70 Å². The highest BCUT2D eigenvalue weighted by molar-refractivity contribution is 5.27. The van der Waals surface area contributed by atoms with Gasteiger partial charge in [0.2, 0.25) is 0 Å². The molecule has 0 aromatic carbocycles. The molecule has 0 aromatic heterocycles. The third-order valence-corrected chi connectivity index (χ3v) is 1.03. The Morgan fingerprint density at radius 1 is 1.67 bits per heavy atom. The van der Waals surface area contributed by atoms with Crippen LogP contribution in [-0.2, 0) is 0 Å². The van der Waals surface area contributed by atoms with Crippen molar-refractivity contribution < 1.29 is 8.78 Å². The number of rotatable bonds is 0. The van der Waals surface area contributed by atoms with E-state index < -0.39 is 12.0 Å². The molecule has 0 fully saturated rings. The van der Waals surface area contributed by atoms with Crippen LogP contribution in [0.5, 0.6) is 0 Å². The molecule has 0 radical (unpaired) electrons. The van der Waals surface area contributed by atoms with Crippen LogP contribution in [0.4, 0.5) is 8.78 Å². The fourth-order valence-corrected chi connectivity index (χ4v) is 0.511. The van der Waals surface area contributed by atoms with Crippen molar-refractivity contribution in [2.45, 2.75) is 6.17 Å². The zero-order chi connectivity index (χ0) is 6.85. The molecule has 0 saturated heterocycles. The van der Waals surface area contributed by atoms with Crippen LogP contribution in [0.3, 0.4) is 0 Å². The molecule has 0 aliphatic heterocycles. The van der Waals surface area contributed by atoms with E-state index in [1.165, 1.54) is 0 Å². The number of halogens is 2. The maximum absolute atomic E-state index is 12.3. The van der Waals surface area contributed by atoms with Gasteiger partial charge in [-0.25, -0.2) is 8.78 Å². The van der Waals surface area contributed by atoms with Crippen LogP contribution in [0.25, 0.3) is 0 Å².